The van der Waals surface area contributed by atoms with E-state index in [9.17, 15) is 13.9 Å². The molecule has 6 heteroatoms. The number of fused-ring (bicyclic) bond motifs is 1. The fraction of sp³-hybridized carbons (Fsp3) is 0.250. The van der Waals surface area contributed by atoms with Crippen LogP contribution < -0.4 is 14.4 Å². The number of hydrogen-bond acceptors (Lipinski definition) is 4. The molecule has 196 valence electrons. The SMILES string of the molecule is COc1cccc(-c2cccc(C3(Cc4cccc(OCF)c4)CN(C[C@@H](O)CF)c4ccccc43)c2)c1. The maximum atomic E-state index is 13.4. The molecule has 5 rings (SSSR count). The zero-order valence-electron chi connectivity index (χ0n) is 21.3. The van der Waals surface area contributed by atoms with Gasteiger partial charge in [-0.05, 0) is 64.6 Å². The first-order valence-corrected chi connectivity index (χ1v) is 12.7. The summed E-state index contributed by atoms with van der Waals surface area (Å²) in [5, 5.41) is 10.2. The summed E-state index contributed by atoms with van der Waals surface area (Å²) in [6, 6.07) is 32.0. The van der Waals surface area contributed by atoms with Crippen molar-refractivity contribution in [1.29, 1.82) is 0 Å². The minimum Gasteiger partial charge on any atom is -0.497 e. The third-order valence-electron chi connectivity index (χ3n) is 7.27. The van der Waals surface area contributed by atoms with E-state index < -0.39 is 25.1 Å². The van der Waals surface area contributed by atoms with Gasteiger partial charge in [0.05, 0.1) is 13.2 Å². The highest BCUT2D eigenvalue weighted by molar-refractivity contribution is 5.71. The van der Waals surface area contributed by atoms with E-state index in [0.717, 1.165) is 39.3 Å². The Balaban J connectivity index is 1.65. The average molecular weight is 516 g/mol. The molecule has 0 aromatic heterocycles. The lowest BCUT2D eigenvalue weighted by atomic mass is 9.71. The molecule has 0 saturated carbocycles. The van der Waals surface area contributed by atoms with Crippen LogP contribution in [0.3, 0.4) is 0 Å². The van der Waals surface area contributed by atoms with E-state index in [4.69, 9.17) is 9.47 Å². The minimum atomic E-state index is -1.08. The van der Waals surface area contributed by atoms with Crippen LogP contribution in [-0.2, 0) is 11.8 Å². The second-order valence-electron chi connectivity index (χ2n) is 9.68. The van der Waals surface area contributed by atoms with Crippen LogP contribution in [0.1, 0.15) is 16.7 Å². The molecule has 1 aliphatic heterocycles. The van der Waals surface area contributed by atoms with E-state index >= 15 is 0 Å². The van der Waals surface area contributed by atoms with Gasteiger partial charge in [-0.3, -0.25) is 0 Å². The van der Waals surface area contributed by atoms with Gasteiger partial charge < -0.3 is 19.5 Å². The van der Waals surface area contributed by atoms with Crippen LogP contribution in [0.25, 0.3) is 11.1 Å². The molecule has 1 aliphatic rings. The van der Waals surface area contributed by atoms with Crippen molar-refractivity contribution in [3.63, 3.8) is 0 Å². The van der Waals surface area contributed by atoms with Gasteiger partial charge in [0.1, 0.15) is 18.2 Å². The Morgan fingerprint density at radius 2 is 1.61 bits per heavy atom. The number of nitrogens with zero attached hydrogens (tertiary/aromatic N) is 1. The summed E-state index contributed by atoms with van der Waals surface area (Å²) in [5.41, 5.74) is 5.75. The van der Waals surface area contributed by atoms with E-state index in [1.807, 2.05) is 54.6 Å². The first-order valence-electron chi connectivity index (χ1n) is 12.7. The summed E-state index contributed by atoms with van der Waals surface area (Å²) in [7, 11) is 1.65. The molecular formula is C32H31F2NO3. The van der Waals surface area contributed by atoms with Gasteiger partial charge in [0, 0.05) is 24.2 Å². The monoisotopic (exact) mass is 515 g/mol. The quantitative estimate of drug-likeness (QED) is 0.267. The number of halogens is 2. The number of benzene rings is 4. The van der Waals surface area contributed by atoms with E-state index in [1.54, 1.807) is 13.2 Å². The van der Waals surface area contributed by atoms with Gasteiger partial charge in [0.25, 0.3) is 0 Å². The second-order valence-corrected chi connectivity index (χ2v) is 9.68. The van der Waals surface area contributed by atoms with Gasteiger partial charge >= 0.3 is 0 Å². The van der Waals surface area contributed by atoms with Crippen molar-refractivity contribution in [2.45, 2.75) is 17.9 Å². The number of aliphatic hydroxyl groups is 1. The van der Waals surface area contributed by atoms with Crippen LogP contribution in [0, 0.1) is 0 Å². The van der Waals surface area contributed by atoms with E-state index in [1.165, 1.54) is 0 Å². The topological polar surface area (TPSA) is 41.9 Å². The van der Waals surface area contributed by atoms with E-state index in [2.05, 4.69) is 41.3 Å². The van der Waals surface area contributed by atoms with Crippen molar-refractivity contribution in [3.8, 4) is 22.6 Å². The summed E-state index contributed by atoms with van der Waals surface area (Å²) in [4.78, 5) is 2.07. The number of aliphatic hydroxyl groups excluding tert-OH is 1. The van der Waals surface area contributed by atoms with Gasteiger partial charge in [0.15, 0.2) is 0 Å². The Morgan fingerprint density at radius 1 is 0.868 bits per heavy atom. The van der Waals surface area contributed by atoms with Crippen molar-refractivity contribution in [3.05, 3.63) is 114 Å². The molecule has 4 nitrogen and oxygen atoms in total. The number of alkyl halides is 2. The zero-order valence-corrected chi connectivity index (χ0v) is 21.3. The highest BCUT2D eigenvalue weighted by Gasteiger charge is 2.44. The number of para-hydroxylation sites is 1. The molecule has 38 heavy (non-hydrogen) atoms. The van der Waals surface area contributed by atoms with Crippen molar-refractivity contribution < 1.29 is 23.4 Å². The zero-order chi connectivity index (χ0) is 26.5. The van der Waals surface area contributed by atoms with Crippen molar-refractivity contribution >= 4 is 5.69 Å². The second kappa shape index (κ2) is 11.2. The average Bonchev–Trinajstić information content (AvgIpc) is 3.27. The smallest absolute Gasteiger partial charge is 0.228 e. The Hall–Kier alpha value is -3.90. The minimum absolute atomic E-state index is 0.190. The number of hydrogen-bond donors (Lipinski definition) is 1. The summed E-state index contributed by atoms with van der Waals surface area (Å²) < 4.78 is 36.9. The van der Waals surface area contributed by atoms with Gasteiger partial charge in [-0.1, -0.05) is 66.7 Å². The Kier molecular flexibility index (Phi) is 7.61. The van der Waals surface area contributed by atoms with E-state index in [-0.39, 0.29) is 6.54 Å². The van der Waals surface area contributed by atoms with Crippen LogP contribution in [0.4, 0.5) is 14.5 Å². The number of methoxy groups -OCH3 is 1. The third kappa shape index (κ3) is 5.09. The van der Waals surface area contributed by atoms with Crippen LogP contribution in [0.15, 0.2) is 97.1 Å². The predicted molar refractivity (Wildman–Crippen MR) is 147 cm³/mol. The first-order chi connectivity index (χ1) is 18.6. The summed E-state index contributed by atoms with van der Waals surface area (Å²) in [6.07, 6.45) is -0.472. The fourth-order valence-corrected chi connectivity index (χ4v) is 5.57. The van der Waals surface area contributed by atoms with Crippen molar-refractivity contribution in [2.24, 2.45) is 0 Å². The molecular weight excluding hydrogens is 484 g/mol. The molecule has 0 bridgehead atoms. The molecule has 0 amide bonds. The van der Waals surface area contributed by atoms with Gasteiger partial charge in [-0.25, -0.2) is 8.78 Å². The largest absolute Gasteiger partial charge is 0.497 e. The summed E-state index contributed by atoms with van der Waals surface area (Å²) in [6.45, 7) is -0.955. The van der Waals surface area contributed by atoms with Gasteiger partial charge in [-0.2, -0.15) is 0 Å². The molecule has 0 spiro atoms. The molecule has 4 aromatic carbocycles. The van der Waals surface area contributed by atoms with Gasteiger partial charge in [-0.15, -0.1) is 0 Å². The molecule has 0 fully saturated rings. The number of ether oxygens (including phenoxy) is 2. The third-order valence-corrected chi connectivity index (χ3v) is 7.27. The highest BCUT2D eigenvalue weighted by Crippen LogP contribution is 2.48. The molecule has 2 atom stereocenters. The van der Waals surface area contributed by atoms with Crippen LogP contribution >= 0.6 is 0 Å². The lowest BCUT2D eigenvalue weighted by molar-refractivity contribution is 0.144. The lowest BCUT2D eigenvalue weighted by Crippen LogP contribution is -2.40. The lowest BCUT2D eigenvalue weighted by Gasteiger charge is -2.33. The number of rotatable bonds is 10. The molecule has 1 unspecified atom stereocenters. The molecule has 4 aromatic rings. The highest BCUT2D eigenvalue weighted by atomic mass is 19.1. The van der Waals surface area contributed by atoms with Crippen LogP contribution in [-0.4, -0.2) is 44.9 Å². The Labute approximate surface area is 222 Å². The Bertz CT molecular complexity index is 1390. The summed E-state index contributed by atoms with van der Waals surface area (Å²) in [5.74, 6) is 1.26. The maximum absolute atomic E-state index is 13.4. The molecule has 0 saturated heterocycles. The predicted octanol–water partition coefficient (Wildman–Crippen LogP) is 6.35. The molecule has 1 N–H and O–H groups in total. The molecule has 0 radical (unpaired) electrons. The number of anilines is 1. The maximum Gasteiger partial charge on any atom is 0.228 e. The van der Waals surface area contributed by atoms with Gasteiger partial charge in [0.2, 0.25) is 6.86 Å². The Morgan fingerprint density at radius 3 is 2.39 bits per heavy atom. The standard InChI is InChI=1S/C32H31F2NO3/c1-37-28-11-6-9-25(17-28)24-8-5-10-26(16-24)32(18-23-7-4-12-29(15-23)38-22-34)21-35(20-27(36)19-33)31-14-3-2-13-30(31)32/h2-17,27,36H,18-22H2,1H3/t27-,32?/m0/s1. The van der Waals surface area contributed by atoms with Crippen molar-refractivity contribution in [1.82, 2.24) is 0 Å². The normalized spacial score (nSPS) is 17.2. The first kappa shape index (κ1) is 25.7. The molecule has 0 aliphatic carbocycles. The van der Waals surface area contributed by atoms with Crippen LogP contribution in [0.2, 0.25) is 0 Å². The van der Waals surface area contributed by atoms with E-state index in [0.29, 0.717) is 18.7 Å². The molecule has 1 heterocycles. The fourth-order valence-electron chi connectivity index (χ4n) is 5.57. The van der Waals surface area contributed by atoms with Crippen molar-refractivity contribution in [2.75, 3.05) is 38.6 Å². The van der Waals surface area contributed by atoms with Crippen LogP contribution in [0.5, 0.6) is 11.5 Å². The number of β-amino-alcohol motifs (C(OH)–C–C–N with tert-alkyl or cyclic N) is 1. The summed E-state index contributed by atoms with van der Waals surface area (Å²) >= 11 is 0.